The molecule has 0 radical (unpaired) electrons. The molecule has 10 N–H and O–H groups in total. The molecular formula is C33H35NO15P2. The van der Waals surface area contributed by atoms with Crippen molar-refractivity contribution in [2.45, 2.75) is 12.5 Å². The first-order valence-corrected chi connectivity index (χ1v) is 13.4. The van der Waals surface area contributed by atoms with Crippen LogP contribution in [0.5, 0.6) is 5.75 Å². The van der Waals surface area contributed by atoms with E-state index in [1.165, 1.54) is 84.9 Å². The Morgan fingerprint density at radius 1 is 0.431 bits per heavy atom. The molecule has 3 unspecified atom stereocenters. The SMILES string of the molecule is NC(Cc1ccc(O)cc1)C(=O)O.O=C(O)c1ccccc1C(=O)O.O=C(O)c1ccccc1C(=O)O.O=C(O)c1ccccc1C(=O)O.P.P. The van der Waals surface area contributed by atoms with Crippen LogP contribution in [0.25, 0.3) is 0 Å². The second-order valence-corrected chi connectivity index (χ2v) is 9.28. The van der Waals surface area contributed by atoms with Gasteiger partial charge in [0.15, 0.2) is 0 Å². The second kappa shape index (κ2) is 23.2. The quantitative estimate of drug-likeness (QED) is 0.110. The first-order chi connectivity index (χ1) is 23.0. The van der Waals surface area contributed by atoms with E-state index in [1.807, 2.05) is 0 Å². The monoisotopic (exact) mass is 747 g/mol. The van der Waals surface area contributed by atoms with E-state index >= 15 is 0 Å². The molecule has 0 saturated carbocycles. The van der Waals surface area contributed by atoms with Crippen molar-refractivity contribution in [1.82, 2.24) is 0 Å². The predicted molar refractivity (Wildman–Crippen MR) is 191 cm³/mol. The van der Waals surface area contributed by atoms with Gasteiger partial charge >= 0.3 is 41.8 Å². The molecule has 4 aromatic rings. The Bertz CT molecular complexity index is 1570. The van der Waals surface area contributed by atoms with Gasteiger partial charge in [-0.05, 0) is 60.5 Å². The van der Waals surface area contributed by atoms with Gasteiger partial charge in [0.2, 0.25) is 0 Å². The van der Waals surface area contributed by atoms with E-state index in [0.717, 1.165) is 5.56 Å². The second-order valence-electron chi connectivity index (χ2n) is 9.28. The number of carbonyl (C=O) groups is 7. The Balaban J connectivity index is 0. The Kier molecular flexibility index (Phi) is 21.3. The molecule has 0 saturated heterocycles. The lowest BCUT2D eigenvalue weighted by atomic mass is 10.1. The van der Waals surface area contributed by atoms with Crippen LogP contribution in [0.2, 0.25) is 0 Å². The lowest BCUT2D eigenvalue weighted by molar-refractivity contribution is -0.138. The molecule has 4 rings (SSSR count). The number of hydrogen-bond acceptors (Lipinski definition) is 9. The molecule has 18 heteroatoms. The van der Waals surface area contributed by atoms with E-state index in [-0.39, 0.29) is 65.3 Å². The van der Waals surface area contributed by atoms with E-state index in [4.69, 9.17) is 46.6 Å². The number of carboxylic acid groups (broad SMARTS) is 7. The highest BCUT2D eigenvalue weighted by Gasteiger charge is 2.15. The largest absolute Gasteiger partial charge is 0.508 e. The van der Waals surface area contributed by atoms with Crippen molar-refractivity contribution < 1.29 is 74.4 Å². The first-order valence-electron chi connectivity index (χ1n) is 13.4. The zero-order valence-corrected chi connectivity index (χ0v) is 29.3. The molecule has 3 atom stereocenters. The van der Waals surface area contributed by atoms with Crippen molar-refractivity contribution in [3.8, 4) is 5.75 Å². The molecule has 272 valence electrons. The zero-order chi connectivity index (χ0) is 37.3. The van der Waals surface area contributed by atoms with E-state index in [0.29, 0.717) is 0 Å². The van der Waals surface area contributed by atoms with Gasteiger partial charge in [-0.2, -0.15) is 19.8 Å². The Labute approximate surface area is 295 Å². The summed E-state index contributed by atoms with van der Waals surface area (Å²) < 4.78 is 0. The number of hydrogen-bond donors (Lipinski definition) is 9. The number of nitrogens with two attached hydrogens (primary N) is 1. The van der Waals surface area contributed by atoms with Crippen molar-refractivity contribution in [2.24, 2.45) is 5.73 Å². The average Bonchev–Trinajstić information content (AvgIpc) is 3.06. The molecule has 4 aromatic carbocycles. The third kappa shape index (κ3) is 16.2. The Morgan fingerprint density at radius 2 is 0.647 bits per heavy atom. The summed E-state index contributed by atoms with van der Waals surface area (Å²) in [6.45, 7) is 0. The van der Waals surface area contributed by atoms with Gasteiger partial charge in [-0.15, -0.1) is 0 Å². The average molecular weight is 748 g/mol. The van der Waals surface area contributed by atoms with Gasteiger partial charge in [-0.1, -0.05) is 48.5 Å². The first kappa shape index (κ1) is 46.9. The number of benzene rings is 4. The van der Waals surface area contributed by atoms with Crippen LogP contribution >= 0.6 is 19.8 Å². The lowest BCUT2D eigenvalue weighted by Crippen LogP contribution is -2.32. The number of rotatable bonds is 9. The van der Waals surface area contributed by atoms with Crippen molar-refractivity contribution >= 4 is 61.6 Å². The maximum atomic E-state index is 10.5. The van der Waals surface area contributed by atoms with Crippen LogP contribution < -0.4 is 5.73 Å². The number of aliphatic carboxylic acids is 1. The highest BCUT2D eigenvalue weighted by molar-refractivity contribution is 6.92. The smallest absolute Gasteiger partial charge is 0.336 e. The molecule has 0 fully saturated rings. The van der Waals surface area contributed by atoms with E-state index in [1.54, 1.807) is 12.1 Å². The molecule has 0 aromatic heterocycles. The Morgan fingerprint density at radius 3 is 0.824 bits per heavy atom. The number of phenolic OH excluding ortho intramolecular Hbond substituents is 1. The molecule has 0 aliphatic heterocycles. The highest BCUT2D eigenvalue weighted by atomic mass is 31.0. The molecule has 0 amide bonds. The van der Waals surface area contributed by atoms with Crippen LogP contribution in [-0.4, -0.2) is 88.7 Å². The van der Waals surface area contributed by atoms with Crippen molar-refractivity contribution in [3.05, 3.63) is 136 Å². The molecule has 0 spiro atoms. The third-order valence-corrected chi connectivity index (χ3v) is 5.87. The minimum absolute atomic E-state index is 0. The van der Waals surface area contributed by atoms with Crippen LogP contribution in [0.3, 0.4) is 0 Å². The van der Waals surface area contributed by atoms with E-state index < -0.39 is 47.8 Å². The molecule has 0 bridgehead atoms. The highest BCUT2D eigenvalue weighted by Crippen LogP contribution is 2.11. The summed E-state index contributed by atoms with van der Waals surface area (Å²) >= 11 is 0. The van der Waals surface area contributed by atoms with Gasteiger partial charge in [0.25, 0.3) is 0 Å². The molecular weight excluding hydrogens is 712 g/mol. The molecule has 0 heterocycles. The van der Waals surface area contributed by atoms with Gasteiger partial charge in [-0.3, -0.25) is 4.79 Å². The third-order valence-electron chi connectivity index (χ3n) is 5.87. The number of aromatic carboxylic acids is 6. The van der Waals surface area contributed by atoms with Crippen molar-refractivity contribution in [2.75, 3.05) is 0 Å². The summed E-state index contributed by atoms with van der Waals surface area (Å²) in [5, 5.41) is 68.8. The fourth-order valence-electron chi connectivity index (χ4n) is 3.54. The summed E-state index contributed by atoms with van der Waals surface area (Å²) in [6, 6.07) is 21.9. The van der Waals surface area contributed by atoms with Crippen molar-refractivity contribution in [3.63, 3.8) is 0 Å². The predicted octanol–water partition coefficient (Wildman–Crippen LogP) is 3.71. The fourth-order valence-corrected chi connectivity index (χ4v) is 3.54. The number of carboxylic acids is 7. The van der Waals surface area contributed by atoms with Gasteiger partial charge in [0.1, 0.15) is 11.8 Å². The van der Waals surface area contributed by atoms with Crippen LogP contribution in [-0.2, 0) is 11.2 Å². The standard InChI is InChI=1S/C9H11NO3.3C8H6O4.2H3P/c10-8(9(12)13)5-6-1-3-7(11)4-2-6;3*9-7(10)5-3-1-2-4-6(5)8(11)12;;/h1-4,8,11H,5,10H2,(H,12,13);3*1-4H,(H,9,10)(H,11,12);2*1H3. The molecule has 0 aliphatic rings. The minimum Gasteiger partial charge on any atom is -0.508 e. The summed E-state index contributed by atoms with van der Waals surface area (Å²) in [6.07, 6.45) is 0.273. The maximum Gasteiger partial charge on any atom is 0.336 e. The molecule has 16 nitrogen and oxygen atoms in total. The van der Waals surface area contributed by atoms with Gasteiger partial charge in [-0.25, -0.2) is 28.8 Å². The lowest BCUT2D eigenvalue weighted by Gasteiger charge is -2.05. The van der Waals surface area contributed by atoms with Crippen LogP contribution in [0.4, 0.5) is 0 Å². The van der Waals surface area contributed by atoms with Crippen molar-refractivity contribution in [1.29, 1.82) is 0 Å². The normalized spacial score (nSPS) is 9.75. The summed E-state index contributed by atoms with van der Waals surface area (Å²) in [5.41, 5.74) is 4.98. The van der Waals surface area contributed by atoms with Crippen LogP contribution in [0, 0.1) is 0 Å². The maximum absolute atomic E-state index is 10.5. The summed E-state index contributed by atoms with van der Waals surface area (Å²) in [4.78, 5) is 73.2. The number of phenols is 1. The van der Waals surface area contributed by atoms with E-state index in [2.05, 4.69) is 0 Å². The molecule has 51 heavy (non-hydrogen) atoms. The van der Waals surface area contributed by atoms with Gasteiger partial charge < -0.3 is 46.6 Å². The molecule has 0 aliphatic carbocycles. The van der Waals surface area contributed by atoms with Crippen LogP contribution in [0.1, 0.15) is 67.7 Å². The number of aromatic hydroxyl groups is 1. The minimum atomic E-state index is -1.23. The Hall–Kier alpha value is -6.21. The fraction of sp³-hybridized carbons (Fsp3) is 0.0606. The van der Waals surface area contributed by atoms with Crippen LogP contribution in [0.15, 0.2) is 97.1 Å². The topological polar surface area (TPSA) is 307 Å². The van der Waals surface area contributed by atoms with E-state index in [9.17, 15) is 33.6 Å². The summed E-state index contributed by atoms with van der Waals surface area (Å²) in [5.74, 6) is -8.23. The summed E-state index contributed by atoms with van der Waals surface area (Å²) in [7, 11) is 0. The van der Waals surface area contributed by atoms with Gasteiger partial charge in [0.05, 0.1) is 33.4 Å². The van der Waals surface area contributed by atoms with Gasteiger partial charge in [0, 0.05) is 0 Å². The zero-order valence-electron chi connectivity index (χ0n) is 26.4.